The molecule has 0 aromatic heterocycles. The van der Waals surface area contributed by atoms with Gasteiger partial charge in [0.25, 0.3) is 0 Å². The Balaban J connectivity index is 1.74. The van der Waals surface area contributed by atoms with Crippen molar-refractivity contribution in [3.05, 3.63) is 35.4 Å². The van der Waals surface area contributed by atoms with Crippen LogP contribution in [0.3, 0.4) is 0 Å². The molecule has 0 heterocycles. The lowest BCUT2D eigenvalue weighted by atomic mass is 9.72. The van der Waals surface area contributed by atoms with Gasteiger partial charge >= 0.3 is 0 Å². The number of benzene rings is 1. The average Bonchev–Trinajstić information content (AvgIpc) is 2.43. The standard InChI is InChI=1S/C17H25NO/c18-15-8-10-17(19,11-9-15)12-14-6-3-5-13-4-1-2-7-16(13)14/h1-2,4,7,14-15,19H,3,5-6,8-12,18H2. The minimum Gasteiger partial charge on any atom is -0.390 e. The maximum Gasteiger partial charge on any atom is 0.0654 e. The van der Waals surface area contributed by atoms with Gasteiger partial charge in [0.05, 0.1) is 5.60 Å². The van der Waals surface area contributed by atoms with E-state index >= 15 is 0 Å². The smallest absolute Gasteiger partial charge is 0.0654 e. The van der Waals surface area contributed by atoms with Gasteiger partial charge in [0.15, 0.2) is 0 Å². The molecule has 0 saturated heterocycles. The Morgan fingerprint density at radius 2 is 1.89 bits per heavy atom. The maximum absolute atomic E-state index is 10.8. The second-order valence-electron chi connectivity index (χ2n) is 6.55. The van der Waals surface area contributed by atoms with Crippen LogP contribution in [0.5, 0.6) is 0 Å². The number of aryl methyl sites for hydroxylation is 1. The Labute approximate surface area is 116 Å². The summed E-state index contributed by atoms with van der Waals surface area (Å²) in [5, 5.41) is 10.8. The van der Waals surface area contributed by atoms with Crippen molar-refractivity contribution in [2.24, 2.45) is 5.73 Å². The summed E-state index contributed by atoms with van der Waals surface area (Å²) in [7, 11) is 0. The number of hydrogen-bond donors (Lipinski definition) is 2. The zero-order valence-corrected chi connectivity index (χ0v) is 11.6. The summed E-state index contributed by atoms with van der Waals surface area (Å²) in [6.45, 7) is 0. The van der Waals surface area contributed by atoms with E-state index in [4.69, 9.17) is 5.73 Å². The summed E-state index contributed by atoms with van der Waals surface area (Å²) in [5.41, 5.74) is 8.47. The predicted octanol–water partition coefficient (Wildman–Crippen LogP) is 3.13. The van der Waals surface area contributed by atoms with Crippen molar-refractivity contribution in [1.29, 1.82) is 0 Å². The molecule has 104 valence electrons. The molecule has 1 saturated carbocycles. The molecule has 1 aromatic carbocycles. The summed E-state index contributed by atoms with van der Waals surface area (Å²) in [6, 6.07) is 9.09. The summed E-state index contributed by atoms with van der Waals surface area (Å²) in [4.78, 5) is 0. The molecule has 1 fully saturated rings. The molecule has 1 aromatic rings. The fraction of sp³-hybridized carbons (Fsp3) is 0.647. The van der Waals surface area contributed by atoms with Gasteiger partial charge in [-0.3, -0.25) is 0 Å². The lowest BCUT2D eigenvalue weighted by Crippen LogP contribution is -2.40. The molecule has 2 aliphatic carbocycles. The van der Waals surface area contributed by atoms with E-state index in [9.17, 15) is 5.11 Å². The quantitative estimate of drug-likeness (QED) is 0.857. The molecule has 2 nitrogen and oxygen atoms in total. The number of rotatable bonds is 2. The van der Waals surface area contributed by atoms with Crippen molar-refractivity contribution >= 4 is 0 Å². The van der Waals surface area contributed by atoms with E-state index < -0.39 is 5.60 Å². The van der Waals surface area contributed by atoms with Crippen molar-refractivity contribution in [2.45, 2.75) is 68.9 Å². The van der Waals surface area contributed by atoms with Crippen LogP contribution in [0, 0.1) is 0 Å². The Morgan fingerprint density at radius 3 is 2.68 bits per heavy atom. The minimum absolute atomic E-state index is 0.305. The van der Waals surface area contributed by atoms with Crippen LogP contribution in [0.4, 0.5) is 0 Å². The molecule has 3 rings (SSSR count). The third-order valence-corrected chi connectivity index (χ3v) is 5.08. The first-order chi connectivity index (χ1) is 9.16. The molecule has 0 bridgehead atoms. The van der Waals surface area contributed by atoms with Crippen LogP contribution < -0.4 is 5.73 Å². The number of aliphatic hydroxyl groups is 1. The molecule has 19 heavy (non-hydrogen) atoms. The molecule has 0 spiro atoms. The zero-order valence-electron chi connectivity index (χ0n) is 11.6. The Bertz CT molecular complexity index is 435. The highest BCUT2D eigenvalue weighted by atomic mass is 16.3. The van der Waals surface area contributed by atoms with Crippen LogP contribution in [0.25, 0.3) is 0 Å². The largest absolute Gasteiger partial charge is 0.390 e. The lowest BCUT2D eigenvalue weighted by Gasteiger charge is -2.39. The molecule has 2 aliphatic rings. The second-order valence-corrected chi connectivity index (χ2v) is 6.55. The van der Waals surface area contributed by atoms with Gasteiger partial charge in [-0.2, -0.15) is 0 Å². The first-order valence-corrected chi connectivity index (χ1v) is 7.72. The molecule has 0 aliphatic heterocycles. The number of fused-ring (bicyclic) bond motifs is 1. The van der Waals surface area contributed by atoms with E-state index in [0.717, 1.165) is 32.1 Å². The first kappa shape index (κ1) is 13.1. The van der Waals surface area contributed by atoms with Crippen LogP contribution in [0.1, 0.15) is 62.0 Å². The van der Waals surface area contributed by atoms with Crippen molar-refractivity contribution in [2.75, 3.05) is 0 Å². The second kappa shape index (κ2) is 5.26. The van der Waals surface area contributed by atoms with Crippen molar-refractivity contribution < 1.29 is 5.11 Å². The molecule has 3 N–H and O–H groups in total. The van der Waals surface area contributed by atoms with Crippen LogP contribution in [-0.2, 0) is 6.42 Å². The average molecular weight is 259 g/mol. The summed E-state index contributed by atoms with van der Waals surface area (Å²) in [5.74, 6) is 0.546. The maximum atomic E-state index is 10.8. The van der Waals surface area contributed by atoms with Crippen molar-refractivity contribution in [3.63, 3.8) is 0 Å². The normalized spacial score (nSPS) is 34.8. The number of hydrogen-bond acceptors (Lipinski definition) is 2. The lowest BCUT2D eigenvalue weighted by molar-refractivity contribution is -0.0150. The monoisotopic (exact) mass is 259 g/mol. The third kappa shape index (κ3) is 2.85. The van der Waals surface area contributed by atoms with Gasteiger partial charge in [0, 0.05) is 6.04 Å². The molecule has 1 atom stereocenters. The van der Waals surface area contributed by atoms with Gasteiger partial charge in [-0.1, -0.05) is 24.3 Å². The molecular formula is C17H25NO. The Hall–Kier alpha value is -0.860. The summed E-state index contributed by atoms with van der Waals surface area (Å²) in [6.07, 6.45) is 8.34. The van der Waals surface area contributed by atoms with E-state index in [1.54, 1.807) is 0 Å². The van der Waals surface area contributed by atoms with E-state index in [2.05, 4.69) is 24.3 Å². The molecule has 0 amide bonds. The van der Waals surface area contributed by atoms with Crippen LogP contribution in [-0.4, -0.2) is 16.7 Å². The zero-order chi connectivity index (χ0) is 13.3. The fourth-order valence-electron chi connectivity index (χ4n) is 3.91. The topological polar surface area (TPSA) is 46.2 Å². The number of nitrogens with two attached hydrogens (primary N) is 1. The van der Waals surface area contributed by atoms with Gasteiger partial charge in [-0.15, -0.1) is 0 Å². The third-order valence-electron chi connectivity index (χ3n) is 5.08. The van der Waals surface area contributed by atoms with Crippen molar-refractivity contribution in [1.82, 2.24) is 0 Å². The van der Waals surface area contributed by atoms with E-state index in [1.165, 1.54) is 30.4 Å². The van der Waals surface area contributed by atoms with Gasteiger partial charge in [0.1, 0.15) is 0 Å². The molecular weight excluding hydrogens is 234 g/mol. The molecule has 2 heteroatoms. The van der Waals surface area contributed by atoms with Crippen LogP contribution in [0.15, 0.2) is 24.3 Å². The Kier molecular flexibility index (Phi) is 3.64. The highest BCUT2D eigenvalue weighted by molar-refractivity contribution is 5.32. The van der Waals surface area contributed by atoms with Gasteiger partial charge < -0.3 is 10.8 Å². The minimum atomic E-state index is -0.467. The van der Waals surface area contributed by atoms with Crippen LogP contribution >= 0.6 is 0 Å². The SMILES string of the molecule is NC1CCC(O)(CC2CCCc3ccccc32)CC1. The summed E-state index contributed by atoms with van der Waals surface area (Å²) < 4.78 is 0. The predicted molar refractivity (Wildman–Crippen MR) is 78.1 cm³/mol. The highest BCUT2D eigenvalue weighted by Crippen LogP contribution is 2.41. The first-order valence-electron chi connectivity index (χ1n) is 7.72. The molecule has 0 radical (unpaired) electrons. The highest BCUT2D eigenvalue weighted by Gasteiger charge is 2.35. The van der Waals surface area contributed by atoms with Gasteiger partial charge in [-0.25, -0.2) is 0 Å². The fourth-order valence-corrected chi connectivity index (χ4v) is 3.91. The van der Waals surface area contributed by atoms with E-state index in [0.29, 0.717) is 12.0 Å². The Morgan fingerprint density at radius 1 is 1.16 bits per heavy atom. The van der Waals surface area contributed by atoms with Crippen LogP contribution in [0.2, 0.25) is 0 Å². The van der Waals surface area contributed by atoms with E-state index in [-0.39, 0.29) is 0 Å². The van der Waals surface area contributed by atoms with E-state index in [1.807, 2.05) is 0 Å². The summed E-state index contributed by atoms with van der Waals surface area (Å²) >= 11 is 0. The van der Waals surface area contributed by atoms with Gasteiger partial charge in [-0.05, 0) is 68.4 Å². The molecule has 1 unspecified atom stereocenters. The van der Waals surface area contributed by atoms with Gasteiger partial charge in [0.2, 0.25) is 0 Å². The van der Waals surface area contributed by atoms with Crippen molar-refractivity contribution in [3.8, 4) is 0 Å².